The van der Waals surface area contributed by atoms with Gasteiger partial charge in [0.1, 0.15) is 6.04 Å². The number of hydrogen-bond acceptors (Lipinski definition) is 4. The van der Waals surface area contributed by atoms with Gasteiger partial charge in [0.05, 0.1) is 18.7 Å². The molecule has 30 heavy (non-hydrogen) atoms. The molecule has 0 aliphatic rings. The van der Waals surface area contributed by atoms with Gasteiger partial charge in [0.25, 0.3) is 0 Å². The van der Waals surface area contributed by atoms with E-state index in [2.05, 4.69) is 11.4 Å². The normalized spacial score (nSPS) is 12.0. The highest BCUT2D eigenvalue weighted by atomic mass is 16.5. The van der Waals surface area contributed by atoms with Gasteiger partial charge in [-0.2, -0.15) is 5.26 Å². The maximum Gasteiger partial charge on any atom is 0.328 e. The minimum atomic E-state index is -0.772. The maximum atomic E-state index is 12.4. The lowest BCUT2D eigenvalue weighted by atomic mass is 9.78. The summed E-state index contributed by atoms with van der Waals surface area (Å²) in [7, 11) is 1.33. The predicted molar refractivity (Wildman–Crippen MR) is 118 cm³/mol. The standard InChI is InChI=1S/C25H30N2O3/c1-5-6-12-22(28)27-23(24(29)30-4)25(2,3)16-18-13-14-21(20(15-18)17-26)19-10-8-7-9-11-19/h7-11,13-15,23H,5-6,12,16H2,1-4H3,(H,27,28). The first-order valence-electron chi connectivity index (χ1n) is 10.3. The van der Waals surface area contributed by atoms with Gasteiger partial charge in [-0.25, -0.2) is 4.79 Å². The molecule has 0 radical (unpaired) electrons. The van der Waals surface area contributed by atoms with E-state index >= 15 is 0 Å². The van der Waals surface area contributed by atoms with Gasteiger partial charge >= 0.3 is 5.97 Å². The van der Waals surface area contributed by atoms with E-state index in [1.807, 2.05) is 69.3 Å². The molecule has 1 amide bonds. The van der Waals surface area contributed by atoms with Crippen LogP contribution < -0.4 is 5.32 Å². The van der Waals surface area contributed by atoms with Gasteiger partial charge in [-0.05, 0) is 41.0 Å². The third-order valence-corrected chi connectivity index (χ3v) is 5.23. The number of nitrogens with one attached hydrogen (secondary N) is 1. The number of nitrogens with zero attached hydrogens (tertiary/aromatic N) is 1. The smallest absolute Gasteiger partial charge is 0.328 e. The molecule has 0 saturated carbocycles. The van der Waals surface area contributed by atoms with Crippen molar-refractivity contribution in [3.8, 4) is 17.2 Å². The van der Waals surface area contributed by atoms with Crippen LogP contribution in [0.15, 0.2) is 48.5 Å². The Bertz CT molecular complexity index is 914. The van der Waals surface area contributed by atoms with E-state index in [0.717, 1.165) is 29.5 Å². The molecule has 0 spiro atoms. The molecule has 5 nitrogen and oxygen atoms in total. The summed E-state index contributed by atoms with van der Waals surface area (Å²) < 4.78 is 4.96. The number of unbranched alkanes of at least 4 members (excludes halogenated alkanes) is 1. The topological polar surface area (TPSA) is 79.2 Å². The van der Waals surface area contributed by atoms with Gasteiger partial charge in [0, 0.05) is 6.42 Å². The van der Waals surface area contributed by atoms with Crippen LogP contribution in [-0.4, -0.2) is 25.0 Å². The molecule has 2 rings (SSSR count). The third-order valence-electron chi connectivity index (χ3n) is 5.23. The number of ether oxygens (including phenoxy) is 1. The first-order chi connectivity index (χ1) is 14.3. The molecule has 158 valence electrons. The number of amides is 1. The van der Waals surface area contributed by atoms with Crippen molar-refractivity contribution in [3.05, 3.63) is 59.7 Å². The predicted octanol–water partition coefficient (Wildman–Crippen LogP) is 4.64. The minimum Gasteiger partial charge on any atom is -0.467 e. The van der Waals surface area contributed by atoms with Crippen molar-refractivity contribution in [2.45, 2.75) is 52.5 Å². The Kier molecular flexibility index (Phi) is 8.17. The quantitative estimate of drug-likeness (QED) is 0.615. The molecular weight excluding hydrogens is 376 g/mol. The number of carbonyl (C=O) groups is 2. The summed E-state index contributed by atoms with van der Waals surface area (Å²) in [4.78, 5) is 24.7. The zero-order valence-corrected chi connectivity index (χ0v) is 18.2. The number of benzene rings is 2. The molecule has 1 unspecified atom stereocenters. The number of rotatable bonds is 9. The van der Waals surface area contributed by atoms with Crippen LogP contribution in [0.2, 0.25) is 0 Å². The fourth-order valence-electron chi connectivity index (χ4n) is 3.55. The lowest BCUT2D eigenvalue weighted by Gasteiger charge is -2.33. The van der Waals surface area contributed by atoms with E-state index in [-0.39, 0.29) is 5.91 Å². The van der Waals surface area contributed by atoms with Crippen LogP contribution in [0, 0.1) is 16.7 Å². The first kappa shape index (κ1) is 23.2. The molecule has 0 heterocycles. The number of carbonyl (C=O) groups excluding carboxylic acids is 2. The fraction of sp³-hybridized carbons (Fsp3) is 0.400. The lowest BCUT2D eigenvalue weighted by Crippen LogP contribution is -2.51. The van der Waals surface area contributed by atoms with Crippen LogP contribution >= 0.6 is 0 Å². The molecule has 2 aromatic rings. The molecule has 0 fully saturated rings. The van der Waals surface area contributed by atoms with Crippen LogP contribution in [0.4, 0.5) is 0 Å². The minimum absolute atomic E-state index is 0.155. The van der Waals surface area contributed by atoms with Crippen LogP contribution in [0.3, 0.4) is 0 Å². The molecule has 0 bridgehead atoms. The summed E-state index contributed by atoms with van der Waals surface area (Å²) in [5, 5.41) is 12.5. The second-order valence-corrected chi connectivity index (χ2v) is 8.15. The molecule has 2 aromatic carbocycles. The highest BCUT2D eigenvalue weighted by Crippen LogP contribution is 2.30. The van der Waals surface area contributed by atoms with Crippen LogP contribution in [0.25, 0.3) is 11.1 Å². The van der Waals surface area contributed by atoms with Crippen LogP contribution in [0.1, 0.15) is 51.2 Å². The molecule has 0 aliphatic heterocycles. The highest BCUT2D eigenvalue weighted by Gasteiger charge is 2.37. The van der Waals surface area contributed by atoms with Crippen LogP contribution in [-0.2, 0) is 20.7 Å². The van der Waals surface area contributed by atoms with E-state index in [4.69, 9.17) is 4.74 Å². The largest absolute Gasteiger partial charge is 0.467 e. The molecule has 1 N–H and O–H groups in total. The summed E-state index contributed by atoms with van der Waals surface area (Å²) in [6, 6.07) is 17.0. The Hall–Kier alpha value is -3.13. The first-order valence-corrected chi connectivity index (χ1v) is 10.3. The number of methoxy groups -OCH3 is 1. The maximum absolute atomic E-state index is 12.4. The Balaban J connectivity index is 2.27. The lowest BCUT2D eigenvalue weighted by molar-refractivity contribution is -0.148. The van der Waals surface area contributed by atoms with Gasteiger partial charge in [-0.3, -0.25) is 4.79 Å². The molecule has 0 aromatic heterocycles. The van der Waals surface area contributed by atoms with Crippen molar-refractivity contribution in [2.75, 3.05) is 7.11 Å². The average molecular weight is 407 g/mol. The Morgan fingerprint density at radius 2 is 1.87 bits per heavy atom. The van der Waals surface area contributed by atoms with E-state index < -0.39 is 17.4 Å². The van der Waals surface area contributed by atoms with Gasteiger partial charge in [0.2, 0.25) is 5.91 Å². The molecule has 0 aliphatic carbocycles. The van der Waals surface area contributed by atoms with Gasteiger partial charge < -0.3 is 10.1 Å². The summed E-state index contributed by atoms with van der Waals surface area (Å²) in [6.07, 6.45) is 2.56. The molecular formula is C25H30N2O3. The molecule has 1 atom stereocenters. The average Bonchev–Trinajstić information content (AvgIpc) is 2.75. The van der Waals surface area contributed by atoms with Crippen molar-refractivity contribution in [3.63, 3.8) is 0 Å². The van der Waals surface area contributed by atoms with Crippen molar-refractivity contribution < 1.29 is 14.3 Å². The summed E-state index contributed by atoms with van der Waals surface area (Å²) >= 11 is 0. The Morgan fingerprint density at radius 1 is 1.17 bits per heavy atom. The van der Waals surface area contributed by atoms with Crippen molar-refractivity contribution >= 4 is 11.9 Å². The second-order valence-electron chi connectivity index (χ2n) is 8.15. The zero-order valence-electron chi connectivity index (χ0n) is 18.2. The van der Waals surface area contributed by atoms with E-state index in [1.165, 1.54) is 7.11 Å². The zero-order chi connectivity index (χ0) is 22.1. The third kappa shape index (κ3) is 5.93. The van der Waals surface area contributed by atoms with E-state index in [0.29, 0.717) is 18.4 Å². The van der Waals surface area contributed by atoms with Gasteiger partial charge in [-0.15, -0.1) is 0 Å². The second kappa shape index (κ2) is 10.6. The summed E-state index contributed by atoms with van der Waals surface area (Å²) in [5.41, 5.74) is 2.76. The van der Waals surface area contributed by atoms with Gasteiger partial charge in [0.15, 0.2) is 0 Å². The number of hydrogen-bond donors (Lipinski definition) is 1. The van der Waals surface area contributed by atoms with Crippen molar-refractivity contribution in [1.29, 1.82) is 5.26 Å². The summed E-state index contributed by atoms with van der Waals surface area (Å²) in [5.74, 6) is -0.622. The monoisotopic (exact) mass is 406 g/mol. The number of nitriles is 1. The summed E-state index contributed by atoms with van der Waals surface area (Å²) in [6.45, 7) is 5.86. The van der Waals surface area contributed by atoms with Gasteiger partial charge in [-0.1, -0.05) is 69.7 Å². The SMILES string of the molecule is CCCCC(=O)NC(C(=O)OC)C(C)(C)Cc1ccc(-c2ccccc2)c(C#N)c1. The van der Waals surface area contributed by atoms with Crippen molar-refractivity contribution in [1.82, 2.24) is 5.32 Å². The van der Waals surface area contributed by atoms with E-state index in [9.17, 15) is 14.9 Å². The molecule has 5 heteroatoms. The highest BCUT2D eigenvalue weighted by molar-refractivity contribution is 5.85. The van der Waals surface area contributed by atoms with Crippen molar-refractivity contribution in [2.24, 2.45) is 5.41 Å². The molecule has 0 saturated heterocycles. The fourth-order valence-corrected chi connectivity index (χ4v) is 3.55. The van der Waals surface area contributed by atoms with E-state index in [1.54, 1.807) is 0 Å². The number of esters is 1. The Morgan fingerprint density at radius 3 is 2.47 bits per heavy atom. The van der Waals surface area contributed by atoms with Crippen LogP contribution in [0.5, 0.6) is 0 Å². The Labute approximate surface area is 179 Å².